The SMILES string of the molecule is CCC(O)CCCc1ccc(F)c(F)c1. The largest absolute Gasteiger partial charge is 0.393 e. The molecule has 0 spiro atoms. The molecule has 0 aliphatic heterocycles. The molecule has 3 heteroatoms. The third-order valence-corrected chi connectivity index (χ3v) is 2.46. The second-order valence-corrected chi connectivity index (χ2v) is 3.70. The maximum atomic E-state index is 12.8. The molecule has 0 aliphatic rings. The summed E-state index contributed by atoms with van der Waals surface area (Å²) in [6.45, 7) is 1.92. The fourth-order valence-corrected chi connectivity index (χ4v) is 1.44. The van der Waals surface area contributed by atoms with Gasteiger partial charge in [0.15, 0.2) is 11.6 Å². The molecule has 1 aromatic carbocycles. The molecule has 0 amide bonds. The van der Waals surface area contributed by atoms with Crippen LogP contribution in [0.2, 0.25) is 0 Å². The van der Waals surface area contributed by atoms with Gasteiger partial charge in [-0.3, -0.25) is 0 Å². The minimum atomic E-state index is -0.813. The van der Waals surface area contributed by atoms with Gasteiger partial charge in [-0.2, -0.15) is 0 Å². The Morgan fingerprint density at radius 1 is 1.27 bits per heavy atom. The molecule has 84 valence electrons. The Hall–Kier alpha value is -0.960. The monoisotopic (exact) mass is 214 g/mol. The molecule has 0 saturated heterocycles. The summed E-state index contributed by atoms with van der Waals surface area (Å²) < 4.78 is 25.4. The average molecular weight is 214 g/mol. The number of hydrogen-bond acceptors (Lipinski definition) is 1. The summed E-state index contributed by atoms with van der Waals surface area (Å²) in [6.07, 6.45) is 2.62. The van der Waals surface area contributed by atoms with Crippen molar-refractivity contribution in [1.82, 2.24) is 0 Å². The van der Waals surface area contributed by atoms with Crippen molar-refractivity contribution in [2.75, 3.05) is 0 Å². The lowest BCUT2D eigenvalue weighted by molar-refractivity contribution is 0.158. The predicted octanol–water partition coefficient (Wildman–Crippen LogP) is 3.06. The normalized spacial score (nSPS) is 12.8. The van der Waals surface area contributed by atoms with Crippen LogP contribution >= 0.6 is 0 Å². The Morgan fingerprint density at radius 2 is 2.00 bits per heavy atom. The molecule has 0 heterocycles. The molecule has 15 heavy (non-hydrogen) atoms. The molecule has 0 aromatic heterocycles. The van der Waals surface area contributed by atoms with Gasteiger partial charge in [0, 0.05) is 0 Å². The number of hydrogen-bond donors (Lipinski definition) is 1. The number of rotatable bonds is 5. The van der Waals surface area contributed by atoms with Crippen molar-refractivity contribution in [1.29, 1.82) is 0 Å². The third kappa shape index (κ3) is 3.96. The van der Waals surface area contributed by atoms with Crippen LogP contribution < -0.4 is 0 Å². The molecule has 1 nitrogen and oxygen atoms in total. The molecular weight excluding hydrogens is 198 g/mol. The Bertz CT molecular complexity index is 312. The lowest BCUT2D eigenvalue weighted by atomic mass is 10.0. The Kier molecular flexibility index (Phi) is 4.69. The minimum absolute atomic E-state index is 0.282. The Balaban J connectivity index is 2.41. The first-order valence-corrected chi connectivity index (χ1v) is 5.25. The van der Waals surface area contributed by atoms with Crippen molar-refractivity contribution in [3.63, 3.8) is 0 Å². The van der Waals surface area contributed by atoms with E-state index >= 15 is 0 Å². The maximum Gasteiger partial charge on any atom is 0.159 e. The third-order valence-electron chi connectivity index (χ3n) is 2.46. The second kappa shape index (κ2) is 5.81. The zero-order valence-electron chi connectivity index (χ0n) is 8.84. The Morgan fingerprint density at radius 3 is 2.60 bits per heavy atom. The fourth-order valence-electron chi connectivity index (χ4n) is 1.44. The number of aryl methyl sites for hydroxylation is 1. The van der Waals surface area contributed by atoms with Crippen LogP contribution in [0.1, 0.15) is 31.7 Å². The molecule has 0 saturated carbocycles. The van der Waals surface area contributed by atoms with Crippen LogP contribution in [0.25, 0.3) is 0 Å². The van der Waals surface area contributed by atoms with Gasteiger partial charge < -0.3 is 5.11 Å². The lowest BCUT2D eigenvalue weighted by Gasteiger charge is -2.07. The molecular formula is C12H16F2O. The van der Waals surface area contributed by atoms with Crippen LogP contribution in [-0.4, -0.2) is 11.2 Å². The minimum Gasteiger partial charge on any atom is -0.393 e. The van der Waals surface area contributed by atoms with E-state index < -0.39 is 11.6 Å². The summed E-state index contributed by atoms with van der Waals surface area (Å²) >= 11 is 0. The van der Waals surface area contributed by atoms with E-state index in [2.05, 4.69) is 0 Å². The van der Waals surface area contributed by atoms with E-state index in [1.165, 1.54) is 6.07 Å². The summed E-state index contributed by atoms with van der Waals surface area (Å²) in [5, 5.41) is 9.30. The van der Waals surface area contributed by atoms with Gasteiger partial charge in [-0.05, 0) is 43.4 Å². The van der Waals surface area contributed by atoms with Crippen molar-refractivity contribution in [3.8, 4) is 0 Å². The van der Waals surface area contributed by atoms with Crippen molar-refractivity contribution >= 4 is 0 Å². The van der Waals surface area contributed by atoms with E-state index in [1.54, 1.807) is 6.07 Å². The molecule has 0 fully saturated rings. The number of halogens is 2. The summed E-state index contributed by atoms with van der Waals surface area (Å²) in [4.78, 5) is 0. The second-order valence-electron chi connectivity index (χ2n) is 3.70. The van der Waals surface area contributed by atoms with Gasteiger partial charge in [0.05, 0.1) is 6.10 Å². The summed E-state index contributed by atoms with van der Waals surface area (Å²) in [7, 11) is 0. The van der Waals surface area contributed by atoms with Crippen molar-refractivity contribution in [3.05, 3.63) is 35.4 Å². The predicted molar refractivity (Wildman–Crippen MR) is 55.6 cm³/mol. The van der Waals surface area contributed by atoms with E-state index in [0.29, 0.717) is 12.8 Å². The van der Waals surface area contributed by atoms with Crippen LogP contribution in [0.15, 0.2) is 18.2 Å². The molecule has 1 unspecified atom stereocenters. The van der Waals surface area contributed by atoms with E-state index in [-0.39, 0.29) is 6.10 Å². The maximum absolute atomic E-state index is 12.8. The van der Waals surface area contributed by atoms with Gasteiger partial charge in [0.25, 0.3) is 0 Å². The topological polar surface area (TPSA) is 20.2 Å². The summed E-state index contributed by atoms with van der Waals surface area (Å²) in [6, 6.07) is 3.94. The molecule has 1 aromatic rings. The van der Waals surface area contributed by atoms with Gasteiger partial charge in [-0.25, -0.2) is 8.78 Å². The van der Waals surface area contributed by atoms with E-state index in [4.69, 9.17) is 0 Å². The average Bonchev–Trinajstić information content (AvgIpc) is 2.23. The summed E-state index contributed by atoms with van der Waals surface area (Å²) in [5.41, 5.74) is 0.775. The van der Waals surface area contributed by atoms with Gasteiger partial charge in [-0.15, -0.1) is 0 Å². The van der Waals surface area contributed by atoms with Gasteiger partial charge in [-0.1, -0.05) is 13.0 Å². The van der Waals surface area contributed by atoms with E-state index in [0.717, 1.165) is 24.5 Å². The van der Waals surface area contributed by atoms with Crippen molar-refractivity contribution in [2.45, 2.75) is 38.7 Å². The smallest absolute Gasteiger partial charge is 0.159 e. The fraction of sp³-hybridized carbons (Fsp3) is 0.500. The molecule has 0 aliphatic carbocycles. The molecule has 0 bridgehead atoms. The highest BCUT2D eigenvalue weighted by Gasteiger charge is 2.04. The highest BCUT2D eigenvalue weighted by atomic mass is 19.2. The Labute approximate surface area is 88.7 Å². The van der Waals surface area contributed by atoms with Crippen LogP contribution in [0, 0.1) is 11.6 Å². The molecule has 1 atom stereocenters. The summed E-state index contributed by atoms with van der Waals surface area (Å²) in [5.74, 6) is -1.61. The first-order chi connectivity index (χ1) is 7.13. The number of benzene rings is 1. The van der Waals surface area contributed by atoms with E-state index in [9.17, 15) is 13.9 Å². The van der Waals surface area contributed by atoms with Crippen LogP contribution in [0.5, 0.6) is 0 Å². The van der Waals surface area contributed by atoms with E-state index in [1.807, 2.05) is 6.92 Å². The number of aliphatic hydroxyl groups excluding tert-OH is 1. The molecule has 0 radical (unpaired) electrons. The van der Waals surface area contributed by atoms with Crippen LogP contribution in [0.3, 0.4) is 0 Å². The van der Waals surface area contributed by atoms with Crippen molar-refractivity contribution < 1.29 is 13.9 Å². The molecule has 1 rings (SSSR count). The van der Waals surface area contributed by atoms with Gasteiger partial charge in [0.1, 0.15) is 0 Å². The molecule has 1 N–H and O–H groups in total. The van der Waals surface area contributed by atoms with Crippen LogP contribution in [0.4, 0.5) is 8.78 Å². The van der Waals surface area contributed by atoms with Gasteiger partial charge in [0.2, 0.25) is 0 Å². The lowest BCUT2D eigenvalue weighted by Crippen LogP contribution is -2.04. The highest BCUT2D eigenvalue weighted by Crippen LogP contribution is 2.12. The number of aliphatic hydroxyl groups is 1. The standard InChI is InChI=1S/C12H16F2O/c1-2-10(15)5-3-4-9-6-7-11(13)12(14)8-9/h6-8,10,15H,2-5H2,1H3. The quantitative estimate of drug-likeness (QED) is 0.798. The van der Waals surface area contributed by atoms with Crippen LogP contribution in [-0.2, 0) is 6.42 Å². The first-order valence-electron chi connectivity index (χ1n) is 5.25. The highest BCUT2D eigenvalue weighted by molar-refractivity contribution is 5.17. The first kappa shape index (κ1) is 12.1. The zero-order chi connectivity index (χ0) is 11.3. The van der Waals surface area contributed by atoms with Gasteiger partial charge >= 0.3 is 0 Å². The van der Waals surface area contributed by atoms with Crippen molar-refractivity contribution in [2.24, 2.45) is 0 Å². The zero-order valence-corrected chi connectivity index (χ0v) is 8.84.